The predicted molar refractivity (Wildman–Crippen MR) is 76.0 cm³/mol. The first-order valence-electron chi connectivity index (χ1n) is 7.46. The highest BCUT2D eigenvalue weighted by atomic mass is 16.5. The van der Waals surface area contributed by atoms with Crippen LogP contribution in [0.1, 0.15) is 52.8 Å². The van der Waals surface area contributed by atoms with Crippen molar-refractivity contribution in [2.24, 2.45) is 0 Å². The summed E-state index contributed by atoms with van der Waals surface area (Å²) in [6, 6.07) is 4.03. The van der Waals surface area contributed by atoms with Gasteiger partial charge in [0.05, 0.1) is 6.20 Å². The molecule has 4 rings (SSSR count). The lowest BCUT2D eigenvalue weighted by Gasteiger charge is -2.16. The molecule has 0 bridgehead atoms. The molecule has 3 heterocycles. The number of hydrogen-bond acceptors (Lipinski definition) is 4. The lowest BCUT2D eigenvalue weighted by Crippen LogP contribution is -2.28. The maximum Gasteiger partial charge on any atom is 0.259 e. The molecular formula is C16H17N3O2. The van der Waals surface area contributed by atoms with Gasteiger partial charge in [0.2, 0.25) is 0 Å². The highest BCUT2D eigenvalue weighted by Gasteiger charge is 2.35. The number of amides is 1. The van der Waals surface area contributed by atoms with Crippen LogP contribution in [-0.2, 0) is 0 Å². The molecule has 2 aromatic rings. The number of aromatic nitrogens is 2. The van der Waals surface area contributed by atoms with Gasteiger partial charge in [0.15, 0.2) is 5.76 Å². The second kappa shape index (κ2) is 4.98. The normalized spacial score (nSPS) is 21.7. The van der Waals surface area contributed by atoms with Gasteiger partial charge in [0, 0.05) is 37.3 Å². The fourth-order valence-corrected chi connectivity index (χ4v) is 3.05. The third-order valence-electron chi connectivity index (χ3n) is 4.41. The molecule has 21 heavy (non-hydrogen) atoms. The summed E-state index contributed by atoms with van der Waals surface area (Å²) in [5, 5.41) is 3.82. The number of carbonyl (C=O) groups is 1. The van der Waals surface area contributed by atoms with E-state index in [4.69, 9.17) is 4.52 Å². The molecule has 1 amide bonds. The van der Waals surface area contributed by atoms with E-state index in [0.717, 1.165) is 38.1 Å². The van der Waals surface area contributed by atoms with Crippen molar-refractivity contribution in [2.75, 3.05) is 13.1 Å². The topological polar surface area (TPSA) is 59.2 Å². The SMILES string of the molecule is O=C(c1cnoc1C1CC1)N1CCC(c2cccnc2)C1. The zero-order chi connectivity index (χ0) is 14.2. The van der Waals surface area contributed by atoms with Crippen LogP contribution in [0.3, 0.4) is 0 Å². The molecule has 0 N–H and O–H groups in total. The Labute approximate surface area is 123 Å². The van der Waals surface area contributed by atoms with Crippen molar-refractivity contribution < 1.29 is 9.32 Å². The van der Waals surface area contributed by atoms with Gasteiger partial charge in [-0.1, -0.05) is 11.2 Å². The van der Waals surface area contributed by atoms with E-state index in [1.165, 1.54) is 5.56 Å². The minimum absolute atomic E-state index is 0.0598. The van der Waals surface area contributed by atoms with Crippen LogP contribution in [-0.4, -0.2) is 34.0 Å². The maximum absolute atomic E-state index is 12.6. The molecule has 5 heteroatoms. The Balaban J connectivity index is 1.50. The van der Waals surface area contributed by atoms with Crippen LogP contribution in [0.2, 0.25) is 0 Å². The van der Waals surface area contributed by atoms with Gasteiger partial charge in [-0.2, -0.15) is 0 Å². The molecule has 1 saturated carbocycles. The minimum atomic E-state index is 0.0598. The van der Waals surface area contributed by atoms with Crippen molar-refractivity contribution in [1.29, 1.82) is 0 Å². The number of nitrogens with zero attached hydrogens (tertiary/aromatic N) is 3. The minimum Gasteiger partial charge on any atom is -0.360 e. The third kappa shape index (κ3) is 2.33. The molecule has 5 nitrogen and oxygen atoms in total. The lowest BCUT2D eigenvalue weighted by atomic mass is 10.0. The predicted octanol–water partition coefficient (Wildman–Crippen LogP) is 2.58. The fourth-order valence-electron chi connectivity index (χ4n) is 3.05. The summed E-state index contributed by atoms with van der Waals surface area (Å²) in [4.78, 5) is 18.7. The van der Waals surface area contributed by atoms with Crippen LogP contribution in [0.25, 0.3) is 0 Å². The molecule has 2 aromatic heterocycles. The third-order valence-corrected chi connectivity index (χ3v) is 4.41. The van der Waals surface area contributed by atoms with Gasteiger partial charge in [-0.05, 0) is 30.9 Å². The van der Waals surface area contributed by atoms with Crippen molar-refractivity contribution in [3.63, 3.8) is 0 Å². The molecule has 1 unspecified atom stereocenters. The van der Waals surface area contributed by atoms with Gasteiger partial charge >= 0.3 is 0 Å². The summed E-state index contributed by atoms with van der Waals surface area (Å²) in [7, 11) is 0. The van der Waals surface area contributed by atoms with Gasteiger partial charge < -0.3 is 9.42 Å². The second-order valence-electron chi connectivity index (χ2n) is 5.90. The lowest BCUT2D eigenvalue weighted by molar-refractivity contribution is 0.0788. The second-order valence-corrected chi connectivity index (χ2v) is 5.90. The molecular weight excluding hydrogens is 266 g/mol. The van der Waals surface area contributed by atoms with Crippen molar-refractivity contribution >= 4 is 5.91 Å². The van der Waals surface area contributed by atoms with E-state index in [9.17, 15) is 4.79 Å². The number of rotatable bonds is 3. The number of hydrogen-bond donors (Lipinski definition) is 0. The van der Waals surface area contributed by atoms with Gasteiger partial charge in [-0.25, -0.2) is 0 Å². The highest BCUT2D eigenvalue weighted by molar-refractivity contribution is 5.95. The van der Waals surface area contributed by atoms with Crippen molar-refractivity contribution in [1.82, 2.24) is 15.0 Å². The number of pyridine rings is 1. The zero-order valence-electron chi connectivity index (χ0n) is 11.7. The molecule has 2 fully saturated rings. The fraction of sp³-hybridized carbons (Fsp3) is 0.438. The largest absolute Gasteiger partial charge is 0.360 e. The van der Waals surface area contributed by atoms with E-state index in [1.54, 1.807) is 12.4 Å². The van der Waals surface area contributed by atoms with Crippen molar-refractivity contribution in [3.05, 3.63) is 47.6 Å². The first-order valence-corrected chi connectivity index (χ1v) is 7.46. The Morgan fingerprint density at radius 1 is 1.24 bits per heavy atom. The summed E-state index contributed by atoms with van der Waals surface area (Å²) < 4.78 is 5.27. The Hall–Kier alpha value is -2.17. The van der Waals surface area contributed by atoms with E-state index in [-0.39, 0.29) is 5.91 Å². The van der Waals surface area contributed by atoms with Crippen LogP contribution in [0.4, 0.5) is 0 Å². The molecule has 108 valence electrons. The Kier molecular flexibility index (Phi) is 2.98. The zero-order valence-corrected chi connectivity index (χ0v) is 11.7. The molecule has 2 aliphatic rings. The van der Waals surface area contributed by atoms with Crippen LogP contribution < -0.4 is 0 Å². The summed E-state index contributed by atoms with van der Waals surface area (Å²) >= 11 is 0. The van der Waals surface area contributed by atoms with E-state index in [0.29, 0.717) is 17.4 Å². The summed E-state index contributed by atoms with van der Waals surface area (Å²) in [5.41, 5.74) is 1.87. The van der Waals surface area contributed by atoms with E-state index < -0.39 is 0 Å². The van der Waals surface area contributed by atoms with Crippen LogP contribution in [0.15, 0.2) is 35.2 Å². The molecule has 0 spiro atoms. The number of likely N-dealkylation sites (tertiary alicyclic amines) is 1. The van der Waals surface area contributed by atoms with Gasteiger partial charge in [0.1, 0.15) is 5.56 Å². The molecule has 0 aromatic carbocycles. The first kappa shape index (κ1) is 12.6. The maximum atomic E-state index is 12.6. The molecule has 0 radical (unpaired) electrons. The van der Waals surface area contributed by atoms with Crippen LogP contribution in [0.5, 0.6) is 0 Å². The van der Waals surface area contributed by atoms with Crippen LogP contribution >= 0.6 is 0 Å². The summed E-state index contributed by atoms with van der Waals surface area (Å²) in [6.07, 6.45) is 8.45. The molecule has 1 saturated heterocycles. The Morgan fingerprint density at radius 2 is 2.14 bits per heavy atom. The average molecular weight is 283 g/mol. The smallest absolute Gasteiger partial charge is 0.259 e. The first-order chi connectivity index (χ1) is 10.3. The van der Waals surface area contributed by atoms with E-state index in [2.05, 4.69) is 16.2 Å². The Bertz CT molecular complexity index is 649. The standard InChI is InChI=1S/C16H17N3O2/c20-16(14-9-18-21-15(14)11-3-4-11)19-7-5-13(10-19)12-2-1-6-17-8-12/h1-2,6,8-9,11,13H,3-5,7,10H2. The highest BCUT2D eigenvalue weighted by Crippen LogP contribution is 2.42. The monoisotopic (exact) mass is 283 g/mol. The van der Waals surface area contributed by atoms with Gasteiger partial charge in [-0.3, -0.25) is 9.78 Å². The molecule has 1 aliphatic carbocycles. The average Bonchev–Trinajstić information content (AvgIpc) is 3.06. The molecule has 1 aliphatic heterocycles. The quantitative estimate of drug-likeness (QED) is 0.868. The van der Waals surface area contributed by atoms with Crippen molar-refractivity contribution in [2.45, 2.75) is 31.1 Å². The van der Waals surface area contributed by atoms with E-state index >= 15 is 0 Å². The summed E-state index contributed by atoms with van der Waals surface area (Å²) in [5.74, 6) is 1.63. The van der Waals surface area contributed by atoms with Crippen molar-refractivity contribution in [3.8, 4) is 0 Å². The van der Waals surface area contributed by atoms with E-state index in [1.807, 2.05) is 17.2 Å². The molecule has 1 atom stereocenters. The Morgan fingerprint density at radius 3 is 2.90 bits per heavy atom. The van der Waals surface area contributed by atoms with Gasteiger partial charge in [0.25, 0.3) is 5.91 Å². The van der Waals surface area contributed by atoms with Crippen LogP contribution in [0, 0.1) is 0 Å². The van der Waals surface area contributed by atoms with Gasteiger partial charge in [-0.15, -0.1) is 0 Å². The number of carbonyl (C=O) groups excluding carboxylic acids is 1. The summed E-state index contributed by atoms with van der Waals surface area (Å²) in [6.45, 7) is 1.54.